The molecule has 17 heavy (non-hydrogen) atoms. The Labute approximate surface area is 107 Å². The number of ether oxygens (including phenoxy) is 1. The van der Waals surface area contributed by atoms with Crippen molar-refractivity contribution < 1.29 is 14.6 Å². The first-order valence-corrected chi connectivity index (χ1v) is 5.87. The van der Waals surface area contributed by atoms with Gasteiger partial charge in [0.15, 0.2) is 0 Å². The zero-order chi connectivity index (χ0) is 12.4. The smallest absolute Gasteiger partial charge is 0.407 e. The summed E-state index contributed by atoms with van der Waals surface area (Å²) in [6.07, 6.45) is 0.721. The maximum atomic E-state index is 10.5. The first-order chi connectivity index (χ1) is 8.06. The van der Waals surface area contributed by atoms with E-state index in [1.165, 1.54) is 4.90 Å². The van der Waals surface area contributed by atoms with E-state index in [1.54, 1.807) is 12.3 Å². The number of amides is 1. The molecule has 0 saturated carbocycles. The molecule has 1 aromatic heterocycles. The fraction of sp³-hybridized carbons (Fsp3) is 0.400. The molecule has 0 atom stereocenters. The number of aromatic nitrogens is 1. The zero-order valence-corrected chi connectivity index (χ0v) is 10.6. The largest absolute Gasteiger partial charge is 0.476 e. The van der Waals surface area contributed by atoms with Crippen LogP contribution in [0.2, 0.25) is 0 Å². The van der Waals surface area contributed by atoms with Gasteiger partial charge in [0.25, 0.3) is 0 Å². The molecule has 1 saturated heterocycles. The second kappa shape index (κ2) is 4.79. The molecule has 3 N–H and O–H groups in total. The van der Waals surface area contributed by atoms with E-state index < -0.39 is 6.09 Å². The molecule has 0 spiro atoms. The Morgan fingerprint density at radius 2 is 2.41 bits per heavy atom. The molecule has 2 heterocycles. The van der Waals surface area contributed by atoms with E-state index >= 15 is 0 Å². The predicted octanol–water partition coefficient (Wildman–Crippen LogP) is 1.41. The minimum absolute atomic E-state index is 0.218. The predicted molar refractivity (Wildman–Crippen MR) is 64.9 cm³/mol. The van der Waals surface area contributed by atoms with Gasteiger partial charge in [0.1, 0.15) is 0 Å². The van der Waals surface area contributed by atoms with Crippen molar-refractivity contribution in [3.05, 3.63) is 16.7 Å². The number of halogens is 1. The lowest BCUT2D eigenvalue weighted by atomic mass is 10.0. The van der Waals surface area contributed by atoms with Gasteiger partial charge in [0.2, 0.25) is 5.88 Å². The number of nitrogens with zero attached hydrogens (tertiary/aromatic N) is 2. The van der Waals surface area contributed by atoms with Crippen LogP contribution < -0.4 is 10.5 Å². The average molecular weight is 302 g/mol. The van der Waals surface area contributed by atoms with Gasteiger partial charge in [-0.15, -0.1) is 0 Å². The van der Waals surface area contributed by atoms with E-state index in [9.17, 15) is 4.79 Å². The molecule has 6 nitrogen and oxygen atoms in total. The normalized spacial score (nSPS) is 15.5. The second-order valence-corrected chi connectivity index (χ2v) is 4.83. The first kappa shape index (κ1) is 12.0. The number of likely N-dealkylation sites (tertiary alicyclic amines) is 1. The van der Waals surface area contributed by atoms with Crippen molar-refractivity contribution in [3.63, 3.8) is 0 Å². The van der Waals surface area contributed by atoms with Gasteiger partial charge in [0.05, 0.1) is 12.3 Å². The van der Waals surface area contributed by atoms with Crippen LogP contribution in [0.25, 0.3) is 0 Å². The Balaban J connectivity index is 1.81. The van der Waals surface area contributed by atoms with Gasteiger partial charge < -0.3 is 20.5 Å². The molecular formula is C10H12BrN3O3. The summed E-state index contributed by atoms with van der Waals surface area (Å²) in [7, 11) is 0. The van der Waals surface area contributed by atoms with E-state index in [4.69, 9.17) is 15.6 Å². The molecule has 7 heteroatoms. The number of nitrogen functional groups attached to an aromatic ring is 1. The highest BCUT2D eigenvalue weighted by Crippen LogP contribution is 2.23. The van der Waals surface area contributed by atoms with Crippen LogP contribution in [0, 0.1) is 5.92 Å². The van der Waals surface area contributed by atoms with Gasteiger partial charge >= 0.3 is 6.09 Å². The molecule has 0 radical (unpaired) electrons. The molecule has 1 aliphatic heterocycles. The summed E-state index contributed by atoms with van der Waals surface area (Å²) >= 11 is 3.25. The summed E-state index contributed by atoms with van der Waals surface area (Å²) in [6.45, 7) is 1.44. The van der Waals surface area contributed by atoms with Crippen LogP contribution in [-0.2, 0) is 0 Å². The Morgan fingerprint density at radius 3 is 3.00 bits per heavy atom. The van der Waals surface area contributed by atoms with Crippen LogP contribution in [0.15, 0.2) is 16.7 Å². The molecule has 0 bridgehead atoms. The maximum Gasteiger partial charge on any atom is 0.407 e. The topological polar surface area (TPSA) is 88.7 Å². The SMILES string of the molecule is Nc1cc(Br)cnc1OCC1CN(C(=O)O)C1. The Morgan fingerprint density at radius 1 is 1.71 bits per heavy atom. The van der Waals surface area contributed by atoms with Crippen LogP contribution in [0.4, 0.5) is 10.5 Å². The molecule has 1 aromatic rings. The summed E-state index contributed by atoms with van der Waals surface area (Å²) < 4.78 is 6.24. The molecule has 1 fully saturated rings. The quantitative estimate of drug-likeness (QED) is 0.881. The number of nitrogens with two attached hydrogens (primary N) is 1. The van der Waals surface area contributed by atoms with E-state index in [0.29, 0.717) is 31.3 Å². The van der Waals surface area contributed by atoms with Crippen LogP contribution in [0.1, 0.15) is 0 Å². The Hall–Kier alpha value is -1.50. The lowest BCUT2D eigenvalue weighted by Crippen LogP contribution is -2.51. The Kier molecular flexibility index (Phi) is 3.37. The number of rotatable bonds is 3. The minimum Gasteiger partial charge on any atom is -0.476 e. The molecule has 0 unspecified atom stereocenters. The molecule has 0 aliphatic carbocycles. The highest BCUT2D eigenvalue weighted by atomic mass is 79.9. The number of carboxylic acid groups (broad SMARTS) is 1. The number of carbonyl (C=O) groups is 1. The summed E-state index contributed by atoms with van der Waals surface area (Å²) in [5.74, 6) is 0.609. The summed E-state index contributed by atoms with van der Waals surface area (Å²) in [5, 5.41) is 8.66. The third kappa shape index (κ3) is 2.79. The number of pyridine rings is 1. The number of hydrogen-bond acceptors (Lipinski definition) is 4. The fourth-order valence-electron chi connectivity index (χ4n) is 1.59. The summed E-state index contributed by atoms with van der Waals surface area (Å²) in [5.41, 5.74) is 6.19. The zero-order valence-electron chi connectivity index (χ0n) is 8.97. The van der Waals surface area contributed by atoms with E-state index in [1.807, 2.05) is 0 Å². The second-order valence-electron chi connectivity index (χ2n) is 3.91. The van der Waals surface area contributed by atoms with Gasteiger partial charge in [0, 0.05) is 29.7 Å². The van der Waals surface area contributed by atoms with E-state index in [2.05, 4.69) is 20.9 Å². The molecule has 2 rings (SSSR count). The standard InChI is InChI=1S/C10H12BrN3O3/c11-7-1-8(12)9(13-2-7)17-5-6-3-14(4-6)10(15)16/h1-2,6H,3-5,12H2,(H,15,16). The monoisotopic (exact) mass is 301 g/mol. The average Bonchev–Trinajstić information content (AvgIpc) is 2.17. The van der Waals surface area contributed by atoms with E-state index in [0.717, 1.165) is 4.47 Å². The van der Waals surface area contributed by atoms with Crippen molar-refractivity contribution in [2.75, 3.05) is 25.4 Å². The molecule has 1 amide bonds. The van der Waals surface area contributed by atoms with Gasteiger partial charge in [-0.3, -0.25) is 0 Å². The third-order valence-corrected chi connectivity index (χ3v) is 2.96. The fourth-order valence-corrected chi connectivity index (χ4v) is 1.94. The minimum atomic E-state index is -0.887. The van der Waals surface area contributed by atoms with Crippen molar-refractivity contribution in [2.24, 2.45) is 5.92 Å². The van der Waals surface area contributed by atoms with Gasteiger partial charge in [-0.05, 0) is 22.0 Å². The van der Waals surface area contributed by atoms with E-state index in [-0.39, 0.29) is 5.92 Å². The van der Waals surface area contributed by atoms with Crippen molar-refractivity contribution >= 4 is 27.7 Å². The van der Waals surface area contributed by atoms with Crippen molar-refractivity contribution in [2.45, 2.75) is 0 Å². The van der Waals surface area contributed by atoms with Crippen LogP contribution in [0.3, 0.4) is 0 Å². The van der Waals surface area contributed by atoms with Crippen LogP contribution in [-0.4, -0.2) is 40.8 Å². The summed E-state index contributed by atoms with van der Waals surface area (Å²) in [4.78, 5) is 15.9. The molecule has 0 aromatic carbocycles. The van der Waals surface area contributed by atoms with Crippen LogP contribution in [0.5, 0.6) is 5.88 Å². The lowest BCUT2D eigenvalue weighted by Gasteiger charge is -2.36. The lowest BCUT2D eigenvalue weighted by molar-refractivity contribution is 0.0577. The highest BCUT2D eigenvalue weighted by Gasteiger charge is 2.30. The highest BCUT2D eigenvalue weighted by molar-refractivity contribution is 9.10. The number of anilines is 1. The van der Waals surface area contributed by atoms with Crippen molar-refractivity contribution in [1.29, 1.82) is 0 Å². The van der Waals surface area contributed by atoms with Crippen molar-refractivity contribution in [3.8, 4) is 5.88 Å². The molecule has 1 aliphatic rings. The third-order valence-electron chi connectivity index (χ3n) is 2.53. The Bertz CT molecular complexity index is 435. The first-order valence-electron chi connectivity index (χ1n) is 5.08. The van der Waals surface area contributed by atoms with Gasteiger partial charge in [-0.1, -0.05) is 0 Å². The van der Waals surface area contributed by atoms with Gasteiger partial charge in [-0.2, -0.15) is 0 Å². The van der Waals surface area contributed by atoms with Crippen molar-refractivity contribution in [1.82, 2.24) is 9.88 Å². The summed E-state index contributed by atoms with van der Waals surface area (Å²) in [6, 6.07) is 1.71. The van der Waals surface area contributed by atoms with Gasteiger partial charge in [-0.25, -0.2) is 9.78 Å². The van der Waals surface area contributed by atoms with Crippen LogP contribution >= 0.6 is 15.9 Å². The number of hydrogen-bond donors (Lipinski definition) is 2. The molecular weight excluding hydrogens is 290 g/mol. The molecule has 92 valence electrons. The maximum absolute atomic E-state index is 10.5.